The molecular weight excluding hydrogens is 256 g/mol. The van der Waals surface area contributed by atoms with E-state index in [1.165, 1.54) is 0 Å². The predicted molar refractivity (Wildman–Crippen MR) is 73.5 cm³/mol. The molecule has 0 saturated carbocycles. The molecule has 0 aromatic carbocycles. The number of H-pyrrole nitrogens is 1. The molecule has 1 aliphatic heterocycles. The molecule has 7 nitrogen and oxygen atoms in total. The van der Waals surface area contributed by atoms with Gasteiger partial charge in [0.25, 0.3) is 0 Å². The molecule has 2 atom stereocenters. The van der Waals surface area contributed by atoms with Gasteiger partial charge in [0.15, 0.2) is 5.82 Å². The SMILES string of the molecule is Cc1nc([C@@H]2CCO[C@@H]2CN(C)c2cnccn2)n[nH]1. The van der Waals surface area contributed by atoms with E-state index in [1.807, 2.05) is 14.0 Å². The normalized spacial score (nSPS) is 22.1. The van der Waals surface area contributed by atoms with E-state index in [0.29, 0.717) is 0 Å². The summed E-state index contributed by atoms with van der Waals surface area (Å²) in [5.74, 6) is 2.76. The van der Waals surface area contributed by atoms with Gasteiger partial charge in [-0.3, -0.25) is 10.1 Å². The molecule has 20 heavy (non-hydrogen) atoms. The minimum Gasteiger partial charge on any atom is -0.376 e. The Morgan fingerprint density at radius 2 is 2.35 bits per heavy atom. The van der Waals surface area contributed by atoms with E-state index in [9.17, 15) is 0 Å². The zero-order valence-corrected chi connectivity index (χ0v) is 11.7. The van der Waals surface area contributed by atoms with Crippen LogP contribution < -0.4 is 4.90 Å². The average molecular weight is 274 g/mol. The lowest BCUT2D eigenvalue weighted by Gasteiger charge is -2.24. The Labute approximate surface area is 117 Å². The van der Waals surface area contributed by atoms with Crippen LogP contribution in [0.2, 0.25) is 0 Å². The van der Waals surface area contributed by atoms with Crippen LogP contribution in [0.4, 0.5) is 5.82 Å². The minimum absolute atomic E-state index is 0.0807. The van der Waals surface area contributed by atoms with Gasteiger partial charge in [0.05, 0.1) is 18.2 Å². The van der Waals surface area contributed by atoms with Crippen molar-refractivity contribution < 1.29 is 4.74 Å². The van der Waals surface area contributed by atoms with Crippen molar-refractivity contribution in [3.8, 4) is 0 Å². The maximum atomic E-state index is 5.84. The molecule has 0 aliphatic carbocycles. The third-order valence-electron chi connectivity index (χ3n) is 3.55. The number of nitrogens with zero attached hydrogens (tertiary/aromatic N) is 5. The smallest absolute Gasteiger partial charge is 0.156 e. The number of anilines is 1. The molecule has 7 heteroatoms. The average Bonchev–Trinajstić information content (AvgIpc) is 3.08. The van der Waals surface area contributed by atoms with Crippen molar-refractivity contribution >= 4 is 5.82 Å². The van der Waals surface area contributed by atoms with E-state index in [0.717, 1.165) is 37.0 Å². The molecule has 0 unspecified atom stereocenters. The van der Waals surface area contributed by atoms with Crippen LogP contribution in [0.3, 0.4) is 0 Å². The third-order valence-corrected chi connectivity index (χ3v) is 3.55. The highest BCUT2D eigenvalue weighted by molar-refractivity contribution is 5.34. The van der Waals surface area contributed by atoms with Gasteiger partial charge in [-0.15, -0.1) is 0 Å². The second-order valence-corrected chi connectivity index (χ2v) is 5.03. The van der Waals surface area contributed by atoms with Crippen LogP contribution >= 0.6 is 0 Å². The fourth-order valence-corrected chi connectivity index (χ4v) is 2.50. The van der Waals surface area contributed by atoms with Crippen LogP contribution in [0.1, 0.15) is 24.0 Å². The van der Waals surface area contributed by atoms with Gasteiger partial charge >= 0.3 is 0 Å². The lowest BCUT2D eigenvalue weighted by molar-refractivity contribution is 0.108. The molecule has 0 amide bonds. The molecule has 1 fully saturated rings. The number of hydrogen-bond donors (Lipinski definition) is 1. The monoisotopic (exact) mass is 274 g/mol. The Kier molecular flexibility index (Phi) is 3.60. The van der Waals surface area contributed by atoms with Crippen molar-refractivity contribution in [1.29, 1.82) is 0 Å². The van der Waals surface area contributed by atoms with Crippen LogP contribution in [-0.2, 0) is 4.74 Å². The second-order valence-electron chi connectivity index (χ2n) is 5.03. The zero-order chi connectivity index (χ0) is 13.9. The molecule has 0 bridgehead atoms. The highest BCUT2D eigenvalue weighted by Crippen LogP contribution is 2.30. The summed E-state index contributed by atoms with van der Waals surface area (Å²) in [4.78, 5) is 14.9. The molecule has 3 rings (SSSR count). The summed E-state index contributed by atoms with van der Waals surface area (Å²) in [7, 11) is 1.99. The van der Waals surface area contributed by atoms with Crippen LogP contribution in [0.25, 0.3) is 0 Å². The van der Waals surface area contributed by atoms with E-state index in [-0.39, 0.29) is 12.0 Å². The van der Waals surface area contributed by atoms with Gasteiger partial charge in [-0.1, -0.05) is 0 Å². The standard InChI is InChI=1S/C13H18N6O/c1-9-16-13(18-17-9)10-3-6-20-11(10)8-19(2)12-7-14-4-5-15-12/h4-5,7,10-11H,3,6,8H2,1-2H3,(H,16,17,18)/t10-,11-/m1/s1. The lowest BCUT2D eigenvalue weighted by atomic mass is 10.0. The highest BCUT2D eigenvalue weighted by Gasteiger charge is 2.33. The summed E-state index contributed by atoms with van der Waals surface area (Å²) in [6.07, 6.45) is 6.15. The first-order chi connectivity index (χ1) is 9.74. The maximum Gasteiger partial charge on any atom is 0.156 e. The van der Waals surface area contributed by atoms with E-state index in [4.69, 9.17) is 4.74 Å². The van der Waals surface area contributed by atoms with Crippen LogP contribution in [0.5, 0.6) is 0 Å². The molecule has 0 spiro atoms. The lowest BCUT2D eigenvalue weighted by Crippen LogP contribution is -2.32. The summed E-state index contributed by atoms with van der Waals surface area (Å²) >= 11 is 0. The quantitative estimate of drug-likeness (QED) is 0.892. The second kappa shape index (κ2) is 5.54. The molecular formula is C13H18N6O. The summed E-state index contributed by atoms with van der Waals surface area (Å²) in [6.45, 7) is 3.40. The van der Waals surface area contributed by atoms with Gasteiger partial charge in [-0.05, 0) is 13.3 Å². The molecule has 106 valence electrons. The third kappa shape index (κ3) is 2.62. The Morgan fingerprint density at radius 1 is 1.45 bits per heavy atom. The zero-order valence-electron chi connectivity index (χ0n) is 11.7. The number of nitrogens with one attached hydrogen (secondary N) is 1. The molecule has 3 heterocycles. The van der Waals surface area contributed by atoms with E-state index >= 15 is 0 Å². The topological polar surface area (TPSA) is 79.8 Å². The molecule has 0 radical (unpaired) electrons. The fourth-order valence-electron chi connectivity index (χ4n) is 2.50. The first-order valence-electron chi connectivity index (χ1n) is 6.71. The maximum absolute atomic E-state index is 5.84. The molecule has 1 N–H and O–H groups in total. The van der Waals surface area contributed by atoms with Crippen molar-refractivity contribution in [2.24, 2.45) is 0 Å². The first-order valence-corrected chi connectivity index (χ1v) is 6.71. The van der Waals surface area contributed by atoms with Crippen molar-refractivity contribution in [3.05, 3.63) is 30.2 Å². The molecule has 1 saturated heterocycles. The number of aromatic nitrogens is 5. The van der Waals surface area contributed by atoms with E-state index in [1.54, 1.807) is 18.6 Å². The van der Waals surface area contributed by atoms with E-state index in [2.05, 4.69) is 30.0 Å². The minimum atomic E-state index is 0.0807. The Bertz CT molecular complexity index is 557. The highest BCUT2D eigenvalue weighted by atomic mass is 16.5. The van der Waals surface area contributed by atoms with Gasteiger partial charge in [-0.25, -0.2) is 9.97 Å². The van der Waals surface area contributed by atoms with Gasteiger partial charge in [0.1, 0.15) is 11.6 Å². The molecule has 2 aromatic heterocycles. The number of hydrogen-bond acceptors (Lipinski definition) is 6. The van der Waals surface area contributed by atoms with E-state index < -0.39 is 0 Å². The summed E-state index contributed by atoms with van der Waals surface area (Å²) in [5.41, 5.74) is 0. The Morgan fingerprint density at radius 3 is 3.05 bits per heavy atom. The van der Waals surface area contributed by atoms with Crippen molar-refractivity contribution in [2.75, 3.05) is 25.1 Å². The molecule has 1 aliphatic rings. The fraction of sp³-hybridized carbons (Fsp3) is 0.538. The van der Waals surface area contributed by atoms with Crippen molar-refractivity contribution in [3.63, 3.8) is 0 Å². The van der Waals surface area contributed by atoms with Crippen molar-refractivity contribution in [1.82, 2.24) is 25.1 Å². The summed E-state index contributed by atoms with van der Waals surface area (Å²) < 4.78 is 5.84. The first kappa shape index (κ1) is 13.0. The van der Waals surface area contributed by atoms with Crippen LogP contribution in [-0.4, -0.2) is 51.5 Å². The number of likely N-dealkylation sites (N-methyl/N-ethyl adjacent to an activating group) is 1. The van der Waals surface area contributed by atoms with Gasteiger partial charge < -0.3 is 9.64 Å². The summed E-state index contributed by atoms with van der Waals surface area (Å²) in [5, 5.41) is 7.16. The molecule has 2 aromatic rings. The summed E-state index contributed by atoms with van der Waals surface area (Å²) in [6, 6.07) is 0. The predicted octanol–water partition coefficient (Wildman–Crippen LogP) is 0.912. The van der Waals surface area contributed by atoms with Crippen LogP contribution in [0.15, 0.2) is 18.6 Å². The number of ether oxygens (including phenoxy) is 1. The van der Waals surface area contributed by atoms with Crippen molar-refractivity contribution in [2.45, 2.75) is 25.4 Å². The number of aromatic amines is 1. The van der Waals surface area contributed by atoms with Gasteiger partial charge in [0.2, 0.25) is 0 Å². The number of aryl methyl sites for hydroxylation is 1. The Balaban J connectivity index is 1.70. The Hall–Kier alpha value is -2.02. The largest absolute Gasteiger partial charge is 0.376 e. The van der Waals surface area contributed by atoms with Crippen LogP contribution in [0, 0.1) is 6.92 Å². The number of rotatable bonds is 4. The van der Waals surface area contributed by atoms with Gasteiger partial charge in [-0.2, -0.15) is 5.10 Å². The van der Waals surface area contributed by atoms with Gasteiger partial charge in [0, 0.05) is 32.6 Å².